The van der Waals surface area contributed by atoms with Crippen molar-refractivity contribution < 1.29 is 82.0 Å². The Labute approximate surface area is 415 Å². The van der Waals surface area contributed by atoms with Crippen molar-refractivity contribution in [2.75, 3.05) is 13.2 Å². The van der Waals surface area contributed by atoms with E-state index < -0.39 is 89.6 Å². The molecule has 0 aliphatic heterocycles. The summed E-state index contributed by atoms with van der Waals surface area (Å²) < 4.78 is 49.2. The summed E-state index contributed by atoms with van der Waals surface area (Å²) in [5.41, 5.74) is 0. The largest absolute Gasteiger partial charge is 0.472 e. The summed E-state index contributed by atoms with van der Waals surface area (Å²) in [6.45, 7) is 2.86. The van der Waals surface area contributed by atoms with Gasteiger partial charge < -0.3 is 49.7 Å². The highest BCUT2D eigenvalue weighted by atomic mass is 31.2. The zero-order valence-corrected chi connectivity index (χ0v) is 42.8. The van der Waals surface area contributed by atoms with E-state index in [4.69, 9.17) is 18.5 Å². The van der Waals surface area contributed by atoms with Gasteiger partial charge in [0.1, 0.15) is 43.2 Å². The summed E-state index contributed by atoms with van der Waals surface area (Å²) in [7, 11) is -10.8. The van der Waals surface area contributed by atoms with E-state index >= 15 is 0 Å². The standard InChI is InChI=1S/C51H82O17P2/c1-3-5-7-9-11-13-14-15-16-17-18-19-20-21-22-24-26-30-34-38-44(53)64-40-43(41-65-70(62,63)68-51-48(57)46(55)47(56)50(49(51)58)67-69(59,60)61)66-45(54)39-35-31-27-29-33-37-42(52)36-32-28-25-23-12-10-8-6-4-2/h11-13,15-16,18-19,21-23,26-30,32-33,37,42-43,46-52,55-58H,3-10,14,17,20,24-25,31,34-36,38-41H2,1-2H3,(H,62,63)(H2,59,60,61)/b13-11-,16-15-,19-18-,22-21-,23-12-,29-27+,30-26-,32-28-,37-33-/t42?,43-,46?,47?,48?,49?,50-,51+/m1/s1. The van der Waals surface area contributed by atoms with Gasteiger partial charge in [0.25, 0.3) is 0 Å². The van der Waals surface area contributed by atoms with Gasteiger partial charge in [0.15, 0.2) is 6.10 Å². The number of hydrogen-bond donors (Lipinski definition) is 8. The lowest BCUT2D eigenvalue weighted by Gasteiger charge is -2.43. The van der Waals surface area contributed by atoms with Gasteiger partial charge in [0, 0.05) is 12.8 Å². The van der Waals surface area contributed by atoms with E-state index in [1.165, 1.54) is 38.5 Å². The maximum atomic E-state index is 13.0. The molecule has 0 bridgehead atoms. The second-order valence-corrected chi connectivity index (χ2v) is 19.3. The van der Waals surface area contributed by atoms with Crippen LogP contribution >= 0.6 is 15.6 Å². The van der Waals surface area contributed by atoms with E-state index in [2.05, 4.69) is 67.0 Å². The Morgan fingerprint density at radius 2 is 1.01 bits per heavy atom. The first-order valence-corrected chi connectivity index (χ1v) is 27.6. The SMILES string of the molecule is CCCCC/C=C\C/C=C\C/C=C\C/C=C\C/C=C\CCC(=O)OC[C@H](COP(=O)(O)O[C@H]1C(O)C(O)C(O)[C@@H](OP(=O)(O)O)C1O)OC(=O)CCC/C=C/C=C\C(O)C/C=C\C/C=C\CCCCC. The van der Waals surface area contributed by atoms with Crippen LogP contribution in [-0.2, 0) is 41.8 Å². The number of aliphatic hydroxyl groups excluding tert-OH is 5. The number of carbonyl (C=O) groups excluding carboxylic acids is 2. The maximum Gasteiger partial charge on any atom is 0.472 e. The Hall–Kier alpha value is -3.38. The molecule has 1 aliphatic rings. The number of carbonyl (C=O) groups is 2. The van der Waals surface area contributed by atoms with Gasteiger partial charge in [0.05, 0.1) is 12.7 Å². The average molecular weight is 1030 g/mol. The van der Waals surface area contributed by atoms with Crippen molar-refractivity contribution in [2.45, 2.75) is 185 Å². The lowest BCUT2D eigenvalue weighted by atomic mass is 9.85. The van der Waals surface area contributed by atoms with E-state index in [1.54, 1.807) is 24.3 Å². The highest BCUT2D eigenvalue weighted by Crippen LogP contribution is 2.49. The van der Waals surface area contributed by atoms with Crippen LogP contribution in [0.25, 0.3) is 0 Å². The summed E-state index contributed by atoms with van der Waals surface area (Å²) >= 11 is 0. The van der Waals surface area contributed by atoms with Gasteiger partial charge in [-0.15, -0.1) is 0 Å². The molecule has 0 radical (unpaired) electrons. The van der Waals surface area contributed by atoms with Gasteiger partial charge in [-0.3, -0.25) is 23.2 Å². The molecule has 0 heterocycles. The molecule has 1 aliphatic carbocycles. The van der Waals surface area contributed by atoms with Crippen LogP contribution in [-0.4, -0.2) is 114 Å². The van der Waals surface area contributed by atoms with Crippen molar-refractivity contribution in [2.24, 2.45) is 0 Å². The predicted octanol–water partition coefficient (Wildman–Crippen LogP) is 8.70. The van der Waals surface area contributed by atoms with Crippen molar-refractivity contribution in [3.63, 3.8) is 0 Å². The summed E-state index contributed by atoms with van der Waals surface area (Å²) in [6.07, 6.45) is 35.0. The van der Waals surface area contributed by atoms with Gasteiger partial charge in [-0.25, -0.2) is 9.13 Å². The van der Waals surface area contributed by atoms with Gasteiger partial charge in [-0.2, -0.15) is 0 Å². The summed E-state index contributed by atoms with van der Waals surface area (Å²) in [6, 6.07) is 0. The van der Waals surface area contributed by atoms with Crippen molar-refractivity contribution in [3.05, 3.63) is 109 Å². The summed E-state index contributed by atoms with van der Waals surface area (Å²) in [5.74, 6) is -1.44. The first-order valence-electron chi connectivity index (χ1n) is 24.5. The normalized spacial score (nSPS) is 22.4. The Kier molecular flexibility index (Phi) is 37.1. The minimum Gasteiger partial charge on any atom is -0.462 e. The van der Waals surface area contributed by atoms with E-state index in [0.29, 0.717) is 32.1 Å². The molecular weight excluding hydrogens is 946 g/mol. The first-order chi connectivity index (χ1) is 33.5. The molecule has 1 saturated carbocycles. The van der Waals surface area contributed by atoms with Crippen LogP contribution in [0.5, 0.6) is 0 Å². The van der Waals surface area contributed by atoms with E-state index in [-0.39, 0.29) is 12.8 Å². The van der Waals surface area contributed by atoms with Crippen LogP contribution < -0.4 is 0 Å². The van der Waals surface area contributed by atoms with E-state index in [1.807, 2.05) is 36.5 Å². The summed E-state index contributed by atoms with van der Waals surface area (Å²) in [4.78, 5) is 54.3. The Morgan fingerprint density at radius 3 is 1.54 bits per heavy atom. The number of aliphatic hydroxyl groups is 5. The third-order valence-electron chi connectivity index (χ3n) is 10.4. The molecular formula is C51H82O17P2. The molecule has 1 fully saturated rings. The molecule has 19 heteroatoms. The zero-order valence-electron chi connectivity index (χ0n) is 41.0. The molecule has 17 nitrogen and oxygen atoms in total. The molecule has 9 atom stereocenters. The molecule has 0 aromatic carbocycles. The molecule has 0 amide bonds. The quantitative estimate of drug-likeness (QED) is 0.00940. The number of unbranched alkanes of at least 4 members (excludes halogenated alkanes) is 7. The highest BCUT2D eigenvalue weighted by Gasteiger charge is 2.54. The van der Waals surface area contributed by atoms with Gasteiger partial charge in [-0.1, -0.05) is 149 Å². The molecule has 0 spiro atoms. The van der Waals surface area contributed by atoms with E-state index in [9.17, 15) is 58.9 Å². The number of rotatable bonds is 39. The second-order valence-electron chi connectivity index (χ2n) is 16.7. The van der Waals surface area contributed by atoms with Gasteiger partial charge >= 0.3 is 27.6 Å². The van der Waals surface area contributed by atoms with Crippen LogP contribution in [0.4, 0.5) is 0 Å². The fraction of sp³-hybridized carbons (Fsp3) is 0.608. The molecule has 8 N–H and O–H groups in total. The number of ether oxygens (including phenoxy) is 2. The first kappa shape index (κ1) is 64.6. The minimum absolute atomic E-state index is 0.0386. The zero-order chi connectivity index (χ0) is 51.9. The lowest BCUT2D eigenvalue weighted by molar-refractivity contribution is -0.216. The predicted molar refractivity (Wildman–Crippen MR) is 270 cm³/mol. The smallest absolute Gasteiger partial charge is 0.462 e. The number of phosphoric ester groups is 2. The molecule has 0 aromatic heterocycles. The summed E-state index contributed by atoms with van der Waals surface area (Å²) in [5, 5.41) is 51.4. The second kappa shape index (κ2) is 40.1. The molecule has 1 rings (SSSR count). The van der Waals surface area contributed by atoms with Gasteiger partial charge in [-0.05, 0) is 83.5 Å². The van der Waals surface area contributed by atoms with Crippen molar-refractivity contribution in [3.8, 4) is 0 Å². The van der Waals surface area contributed by atoms with Crippen LogP contribution in [0.15, 0.2) is 109 Å². The molecule has 0 aromatic rings. The number of allylic oxidation sites excluding steroid dienone is 16. The maximum absolute atomic E-state index is 13.0. The monoisotopic (exact) mass is 1030 g/mol. The molecule has 0 saturated heterocycles. The van der Waals surface area contributed by atoms with Crippen molar-refractivity contribution in [1.82, 2.24) is 0 Å². The fourth-order valence-electron chi connectivity index (χ4n) is 6.55. The lowest BCUT2D eigenvalue weighted by Crippen LogP contribution is -2.64. The van der Waals surface area contributed by atoms with Crippen LogP contribution in [0, 0.1) is 0 Å². The Morgan fingerprint density at radius 1 is 0.529 bits per heavy atom. The van der Waals surface area contributed by atoms with Gasteiger partial charge in [0.2, 0.25) is 0 Å². The van der Waals surface area contributed by atoms with Crippen LogP contribution in [0.1, 0.15) is 136 Å². The number of hydrogen-bond acceptors (Lipinski definition) is 14. The van der Waals surface area contributed by atoms with Crippen molar-refractivity contribution in [1.29, 1.82) is 0 Å². The van der Waals surface area contributed by atoms with Crippen LogP contribution in [0.3, 0.4) is 0 Å². The Bertz CT molecular complexity index is 1780. The Balaban J connectivity index is 2.71. The van der Waals surface area contributed by atoms with Crippen LogP contribution in [0.2, 0.25) is 0 Å². The third kappa shape index (κ3) is 34.1. The minimum atomic E-state index is -5.39. The topological polar surface area (TPSA) is 276 Å². The molecule has 70 heavy (non-hydrogen) atoms. The van der Waals surface area contributed by atoms with Crippen molar-refractivity contribution >= 4 is 27.6 Å². The fourth-order valence-corrected chi connectivity index (χ4v) is 8.09. The number of phosphoric acid groups is 2. The molecule has 398 valence electrons. The molecule has 6 unspecified atom stereocenters. The third-order valence-corrected chi connectivity index (χ3v) is 11.9. The average Bonchev–Trinajstić information content (AvgIpc) is 3.31. The van der Waals surface area contributed by atoms with E-state index in [0.717, 1.165) is 38.5 Å². The number of esters is 2. The highest BCUT2D eigenvalue weighted by molar-refractivity contribution is 7.47.